The van der Waals surface area contributed by atoms with E-state index in [0.717, 1.165) is 39.5 Å². The van der Waals surface area contributed by atoms with Crippen molar-refractivity contribution in [2.75, 3.05) is 44.0 Å². The first kappa shape index (κ1) is 32.6. The molecule has 0 fully saturated rings. The highest BCUT2D eigenvalue weighted by molar-refractivity contribution is 7.98. The molecule has 0 radical (unpaired) electrons. The molecule has 2 aromatic carbocycles. The van der Waals surface area contributed by atoms with E-state index in [9.17, 15) is 14.4 Å². The number of ether oxygens (including phenoxy) is 3. The maximum atomic E-state index is 13.9. The molecule has 2 aliphatic rings. The molecule has 3 aromatic rings. The SMILES string of the molecule is COc1cc2c(c(OC)c1OC)-c1ccc(N[C@H](CCSC)C(=O)Nc3c4c(nn3C)CSC4)c(=O)cc1[C@H](NC(C)=O)CC2. The lowest BCUT2D eigenvalue weighted by molar-refractivity contribution is -0.120. The molecule has 13 heteroatoms. The van der Waals surface area contributed by atoms with Gasteiger partial charge in [-0.05, 0) is 66.2 Å². The Morgan fingerprint density at radius 2 is 1.91 bits per heavy atom. The summed E-state index contributed by atoms with van der Waals surface area (Å²) in [4.78, 5) is 39.9. The number of hydrogen-bond acceptors (Lipinski definition) is 10. The van der Waals surface area contributed by atoms with E-state index in [-0.39, 0.29) is 22.9 Å². The summed E-state index contributed by atoms with van der Waals surface area (Å²) in [6.07, 6.45) is 3.63. The molecule has 1 aromatic heterocycles. The summed E-state index contributed by atoms with van der Waals surface area (Å²) >= 11 is 3.39. The number of hydrogen-bond donors (Lipinski definition) is 3. The van der Waals surface area contributed by atoms with E-state index in [1.165, 1.54) is 6.92 Å². The van der Waals surface area contributed by atoms with Gasteiger partial charge in [-0.2, -0.15) is 28.6 Å². The largest absolute Gasteiger partial charge is 0.493 e. The van der Waals surface area contributed by atoms with Crippen LogP contribution < -0.4 is 35.6 Å². The lowest BCUT2D eigenvalue weighted by Gasteiger charge is -2.19. The second-order valence-electron chi connectivity index (χ2n) is 11.0. The summed E-state index contributed by atoms with van der Waals surface area (Å²) < 4.78 is 18.9. The number of rotatable bonds is 11. The van der Waals surface area contributed by atoms with E-state index < -0.39 is 12.1 Å². The molecule has 2 heterocycles. The van der Waals surface area contributed by atoms with Gasteiger partial charge in [-0.1, -0.05) is 6.07 Å². The minimum Gasteiger partial charge on any atom is -0.493 e. The molecule has 240 valence electrons. The molecule has 0 saturated heterocycles. The van der Waals surface area contributed by atoms with E-state index in [4.69, 9.17) is 14.2 Å². The van der Waals surface area contributed by atoms with Crippen LogP contribution in [-0.4, -0.2) is 61.0 Å². The number of aromatic nitrogens is 2. The minimum absolute atomic E-state index is 0.204. The summed E-state index contributed by atoms with van der Waals surface area (Å²) in [5, 5.41) is 13.9. The van der Waals surface area contributed by atoms with Crippen LogP contribution in [0.4, 0.5) is 11.5 Å². The predicted molar refractivity (Wildman–Crippen MR) is 180 cm³/mol. The van der Waals surface area contributed by atoms with E-state index in [1.807, 2.05) is 25.4 Å². The molecule has 11 nitrogen and oxygen atoms in total. The van der Waals surface area contributed by atoms with Crippen LogP contribution in [0.2, 0.25) is 0 Å². The number of nitrogens with zero attached hydrogens (tertiary/aromatic N) is 2. The van der Waals surface area contributed by atoms with Crippen LogP contribution in [0, 0.1) is 0 Å². The van der Waals surface area contributed by atoms with Gasteiger partial charge >= 0.3 is 0 Å². The number of carbonyl (C=O) groups is 2. The van der Waals surface area contributed by atoms with Gasteiger partial charge in [-0.25, -0.2) is 0 Å². The van der Waals surface area contributed by atoms with Crippen molar-refractivity contribution < 1.29 is 23.8 Å². The van der Waals surface area contributed by atoms with Crippen molar-refractivity contribution in [2.24, 2.45) is 7.05 Å². The summed E-state index contributed by atoms with van der Waals surface area (Å²) in [5.74, 6) is 4.02. The topological polar surface area (TPSA) is 133 Å². The number of thioether (sulfide) groups is 2. The molecule has 0 spiro atoms. The third-order valence-corrected chi connectivity index (χ3v) is 9.74. The van der Waals surface area contributed by atoms with Crippen molar-refractivity contribution >= 4 is 46.8 Å². The Kier molecular flexibility index (Phi) is 10.2. The summed E-state index contributed by atoms with van der Waals surface area (Å²) in [6.45, 7) is 1.46. The van der Waals surface area contributed by atoms with Crippen LogP contribution in [-0.2, 0) is 34.6 Å². The van der Waals surface area contributed by atoms with Crippen LogP contribution in [0.5, 0.6) is 17.2 Å². The van der Waals surface area contributed by atoms with Gasteiger partial charge in [-0.3, -0.25) is 19.1 Å². The van der Waals surface area contributed by atoms with Gasteiger partial charge in [-0.15, -0.1) is 0 Å². The summed E-state index contributed by atoms with van der Waals surface area (Å²) in [5.41, 5.74) is 5.08. The second kappa shape index (κ2) is 14.1. The number of nitrogens with one attached hydrogen (secondary N) is 3. The Morgan fingerprint density at radius 1 is 1.13 bits per heavy atom. The molecule has 0 saturated carbocycles. The Bertz CT molecular complexity index is 1680. The average Bonchev–Trinajstić information content (AvgIpc) is 3.50. The molecule has 0 bridgehead atoms. The molecule has 2 atom stereocenters. The fraction of sp³-hybridized carbons (Fsp3) is 0.438. The molecule has 45 heavy (non-hydrogen) atoms. The number of amides is 2. The van der Waals surface area contributed by atoms with Crippen molar-refractivity contribution in [3.8, 4) is 28.4 Å². The normalized spacial score (nSPS) is 15.6. The van der Waals surface area contributed by atoms with E-state index in [1.54, 1.807) is 61.7 Å². The van der Waals surface area contributed by atoms with Gasteiger partial charge in [0.15, 0.2) is 11.5 Å². The molecule has 1 aliphatic heterocycles. The van der Waals surface area contributed by atoms with Crippen LogP contribution in [0.15, 0.2) is 29.1 Å². The van der Waals surface area contributed by atoms with Crippen LogP contribution in [0.25, 0.3) is 11.1 Å². The molecule has 0 unspecified atom stereocenters. The fourth-order valence-corrected chi connectivity index (χ4v) is 7.53. The number of methoxy groups -OCH3 is 3. The van der Waals surface area contributed by atoms with E-state index >= 15 is 0 Å². The highest BCUT2D eigenvalue weighted by Gasteiger charge is 2.30. The number of anilines is 2. The van der Waals surface area contributed by atoms with E-state index in [0.29, 0.717) is 53.6 Å². The first-order chi connectivity index (χ1) is 21.7. The Labute approximate surface area is 271 Å². The predicted octanol–water partition coefficient (Wildman–Crippen LogP) is 4.52. The highest BCUT2D eigenvalue weighted by atomic mass is 32.2. The maximum absolute atomic E-state index is 13.9. The minimum atomic E-state index is -0.677. The van der Waals surface area contributed by atoms with Gasteiger partial charge in [0, 0.05) is 36.6 Å². The van der Waals surface area contributed by atoms with Crippen LogP contribution in [0.3, 0.4) is 0 Å². The van der Waals surface area contributed by atoms with Crippen molar-refractivity contribution in [3.63, 3.8) is 0 Å². The summed E-state index contributed by atoms with van der Waals surface area (Å²) in [6, 6.07) is 5.91. The third kappa shape index (κ3) is 6.60. The van der Waals surface area contributed by atoms with Crippen LogP contribution in [0.1, 0.15) is 48.2 Å². The van der Waals surface area contributed by atoms with Gasteiger partial charge in [0.05, 0.1) is 38.8 Å². The number of carbonyl (C=O) groups excluding carboxylic acids is 2. The molecular weight excluding hydrogens is 615 g/mol. The van der Waals surface area contributed by atoms with Gasteiger partial charge in [0.2, 0.25) is 23.0 Å². The van der Waals surface area contributed by atoms with Crippen molar-refractivity contribution in [3.05, 3.63) is 56.9 Å². The van der Waals surface area contributed by atoms with E-state index in [2.05, 4.69) is 21.0 Å². The zero-order valence-corrected chi connectivity index (χ0v) is 28.0. The Morgan fingerprint density at radius 3 is 2.60 bits per heavy atom. The zero-order valence-electron chi connectivity index (χ0n) is 26.4. The quantitative estimate of drug-likeness (QED) is 0.272. The second-order valence-corrected chi connectivity index (χ2v) is 12.9. The zero-order chi connectivity index (χ0) is 32.2. The molecular formula is C32H39N5O6S2. The van der Waals surface area contributed by atoms with Gasteiger partial charge in [0.25, 0.3) is 0 Å². The third-order valence-electron chi connectivity index (χ3n) is 8.13. The van der Waals surface area contributed by atoms with Crippen molar-refractivity contribution in [2.45, 2.75) is 49.8 Å². The van der Waals surface area contributed by atoms with Crippen LogP contribution >= 0.6 is 23.5 Å². The standard InChI is InChI=1S/C32H39N5O6S2/c1-17(38)33-22-9-7-18-13-27(41-3)29(42-4)30(43-5)28(18)19-8-10-23(26(39)14-20(19)22)34-24(11-12-44-6)32(40)35-31-21-15-45-16-25(21)36-37(31)2/h8,10,13-14,22,24H,7,9,11-12,15-16H2,1-6H3,(H,33,38)(H,34,39)(H,35,40)/t22-,24-/m1/s1. The maximum Gasteiger partial charge on any atom is 0.248 e. The fourth-order valence-electron chi connectivity index (χ4n) is 6.02. The van der Waals surface area contributed by atoms with Gasteiger partial charge in [0.1, 0.15) is 11.9 Å². The first-order valence-electron chi connectivity index (χ1n) is 14.7. The van der Waals surface area contributed by atoms with Crippen molar-refractivity contribution in [1.82, 2.24) is 15.1 Å². The van der Waals surface area contributed by atoms with Gasteiger partial charge < -0.3 is 30.2 Å². The number of benzene rings is 1. The summed E-state index contributed by atoms with van der Waals surface area (Å²) in [7, 11) is 6.50. The monoisotopic (exact) mass is 653 g/mol. The number of aryl methyl sites for hydroxylation is 2. The lowest BCUT2D eigenvalue weighted by Crippen LogP contribution is -2.37. The van der Waals surface area contributed by atoms with Crippen molar-refractivity contribution in [1.29, 1.82) is 0 Å². The Hall–Kier alpha value is -3.84. The molecule has 2 amide bonds. The smallest absolute Gasteiger partial charge is 0.248 e. The highest BCUT2D eigenvalue weighted by Crippen LogP contribution is 2.50. The number of fused-ring (bicyclic) bond motifs is 4. The first-order valence-corrected chi connectivity index (χ1v) is 17.2. The average molecular weight is 654 g/mol. The molecule has 5 rings (SSSR count). The Balaban J connectivity index is 1.59. The molecule has 1 aliphatic carbocycles. The molecule has 3 N–H and O–H groups in total. The lowest BCUT2D eigenvalue weighted by atomic mass is 9.95.